The van der Waals surface area contributed by atoms with Crippen molar-refractivity contribution in [2.24, 2.45) is 0 Å². The fourth-order valence-corrected chi connectivity index (χ4v) is 3.73. The highest BCUT2D eigenvalue weighted by Gasteiger charge is 2.21. The van der Waals surface area contributed by atoms with Gasteiger partial charge in [-0.3, -0.25) is 9.48 Å². The second-order valence-corrected chi connectivity index (χ2v) is 7.22. The lowest BCUT2D eigenvalue weighted by molar-refractivity contribution is -0.124. The molecule has 1 aromatic heterocycles. The summed E-state index contributed by atoms with van der Waals surface area (Å²) in [5.41, 5.74) is 3.65. The van der Waals surface area contributed by atoms with Gasteiger partial charge in [-0.2, -0.15) is 5.10 Å². The van der Waals surface area contributed by atoms with Crippen molar-refractivity contribution in [1.82, 2.24) is 15.1 Å². The van der Waals surface area contributed by atoms with Crippen LogP contribution in [0.4, 0.5) is 0 Å². The molecule has 1 amide bonds. The van der Waals surface area contributed by atoms with Crippen LogP contribution in [0.2, 0.25) is 0 Å². The topological polar surface area (TPSA) is 65.4 Å². The van der Waals surface area contributed by atoms with Crippen LogP contribution in [0, 0.1) is 0 Å². The van der Waals surface area contributed by atoms with Gasteiger partial charge in [-0.1, -0.05) is 60.7 Å². The Kier molecular flexibility index (Phi) is 5.89. The van der Waals surface area contributed by atoms with E-state index in [0.29, 0.717) is 18.0 Å². The number of para-hydroxylation sites is 2. The lowest BCUT2D eigenvalue weighted by Crippen LogP contribution is -2.31. The maximum absolute atomic E-state index is 13.0. The molecule has 31 heavy (non-hydrogen) atoms. The van der Waals surface area contributed by atoms with E-state index in [0.717, 1.165) is 27.7 Å². The minimum atomic E-state index is -0.487. The van der Waals surface area contributed by atoms with Crippen molar-refractivity contribution in [2.75, 3.05) is 14.2 Å². The van der Waals surface area contributed by atoms with Crippen LogP contribution >= 0.6 is 0 Å². The van der Waals surface area contributed by atoms with Crippen LogP contribution in [0.15, 0.2) is 72.8 Å². The van der Waals surface area contributed by atoms with E-state index in [1.54, 1.807) is 18.9 Å². The van der Waals surface area contributed by atoms with Gasteiger partial charge in [-0.15, -0.1) is 0 Å². The summed E-state index contributed by atoms with van der Waals surface area (Å²) >= 11 is 0. The quantitative estimate of drug-likeness (QED) is 0.479. The van der Waals surface area contributed by atoms with Gasteiger partial charge in [0.05, 0.1) is 19.7 Å². The number of hydrogen-bond donors (Lipinski definition) is 1. The minimum Gasteiger partial charge on any atom is -0.493 e. The van der Waals surface area contributed by atoms with Crippen molar-refractivity contribution in [3.63, 3.8) is 0 Å². The summed E-state index contributed by atoms with van der Waals surface area (Å²) < 4.78 is 12.6. The van der Waals surface area contributed by atoms with Gasteiger partial charge in [0.25, 0.3) is 0 Å². The fraction of sp³-hybridized carbons (Fsp3) is 0.200. The Bertz CT molecular complexity index is 1200. The first-order valence-electron chi connectivity index (χ1n) is 10.1. The molecule has 1 N–H and O–H groups in total. The van der Waals surface area contributed by atoms with Gasteiger partial charge in [-0.25, -0.2) is 0 Å². The Morgan fingerprint density at radius 2 is 1.71 bits per heavy atom. The van der Waals surface area contributed by atoms with Gasteiger partial charge in [-0.05, 0) is 19.1 Å². The Morgan fingerprint density at radius 1 is 0.968 bits per heavy atom. The summed E-state index contributed by atoms with van der Waals surface area (Å²) in [6, 6.07) is 23.1. The Balaban J connectivity index is 1.60. The molecule has 0 saturated carbocycles. The van der Waals surface area contributed by atoms with Crippen LogP contribution < -0.4 is 14.8 Å². The first kappa shape index (κ1) is 20.5. The molecule has 0 fully saturated rings. The molecule has 158 valence electrons. The molecule has 4 aromatic rings. The average Bonchev–Trinajstić information content (AvgIpc) is 3.22. The molecule has 0 aliphatic carbocycles. The van der Waals surface area contributed by atoms with Gasteiger partial charge in [0.15, 0.2) is 11.5 Å². The van der Waals surface area contributed by atoms with E-state index >= 15 is 0 Å². The lowest BCUT2D eigenvalue weighted by Gasteiger charge is -2.16. The number of carbonyl (C=O) groups is 1. The second kappa shape index (κ2) is 8.92. The van der Waals surface area contributed by atoms with Crippen molar-refractivity contribution in [3.05, 3.63) is 78.4 Å². The highest BCUT2D eigenvalue weighted by Crippen LogP contribution is 2.31. The van der Waals surface area contributed by atoms with Crippen molar-refractivity contribution in [3.8, 4) is 22.8 Å². The molecule has 0 aliphatic heterocycles. The van der Waals surface area contributed by atoms with Crippen molar-refractivity contribution in [1.29, 1.82) is 0 Å². The van der Waals surface area contributed by atoms with E-state index < -0.39 is 6.04 Å². The van der Waals surface area contributed by atoms with Gasteiger partial charge >= 0.3 is 0 Å². The number of rotatable bonds is 7. The van der Waals surface area contributed by atoms with Gasteiger partial charge in [0.2, 0.25) is 5.91 Å². The number of hydrogen-bond acceptors (Lipinski definition) is 4. The zero-order valence-corrected chi connectivity index (χ0v) is 17.8. The fourth-order valence-electron chi connectivity index (χ4n) is 3.73. The molecule has 0 spiro atoms. The van der Waals surface area contributed by atoms with Crippen LogP contribution in [0.3, 0.4) is 0 Å². The number of carbonyl (C=O) groups excluding carboxylic acids is 1. The smallest absolute Gasteiger partial charge is 0.244 e. The monoisotopic (exact) mass is 415 g/mol. The zero-order chi connectivity index (χ0) is 21.8. The predicted molar refractivity (Wildman–Crippen MR) is 121 cm³/mol. The molecule has 0 bridgehead atoms. The summed E-state index contributed by atoms with van der Waals surface area (Å²) in [6.07, 6.45) is 0. The SMILES string of the molecule is COc1cccc(CNC(=O)[C@H](C)n2nc(-c3ccccc3)c3ccccc32)c1OC. The largest absolute Gasteiger partial charge is 0.493 e. The highest BCUT2D eigenvalue weighted by molar-refractivity contribution is 5.94. The number of amides is 1. The number of aromatic nitrogens is 2. The van der Waals surface area contributed by atoms with Gasteiger partial charge in [0.1, 0.15) is 11.7 Å². The summed E-state index contributed by atoms with van der Waals surface area (Å²) in [7, 11) is 3.18. The Morgan fingerprint density at radius 3 is 2.45 bits per heavy atom. The number of benzene rings is 3. The maximum Gasteiger partial charge on any atom is 0.244 e. The number of ether oxygens (including phenoxy) is 2. The van der Waals surface area contributed by atoms with Crippen LogP contribution in [-0.4, -0.2) is 29.9 Å². The molecule has 1 heterocycles. The third kappa shape index (κ3) is 3.97. The predicted octanol–water partition coefficient (Wildman–Crippen LogP) is 4.60. The minimum absolute atomic E-state index is 0.127. The van der Waals surface area contributed by atoms with Gasteiger partial charge < -0.3 is 14.8 Å². The van der Waals surface area contributed by atoms with E-state index in [1.807, 2.05) is 79.7 Å². The Hall–Kier alpha value is -3.80. The molecule has 3 aromatic carbocycles. The van der Waals surface area contributed by atoms with Crippen LogP contribution in [0.5, 0.6) is 11.5 Å². The van der Waals surface area contributed by atoms with Crippen LogP contribution in [0.25, 0.3) is 22.2 Å². The van der Waals surface area contributed by atoms with Crippen molar-refractivity contribution in [2.45, 2.75) is 19.5 Å². The van der Waals surface area contributed by atoms with Crippen LogP contribution in [-0.2, 0) is 11.3 Å². The molecule has 0 aliphatic rings. The standard InChI is InChI=1S/C25H25N3O3/c1-17(25(29)26-16-19-12-9-15-22(30-2)24(19)31-3)28-21-14-8-7-13-20(21)23(27-28)18-10-5-4-6-11-18/h4-15,17H,16H2,1-3H3,(H,26,29)/t17-/m0/s1. The molecule has 6 nitrogen and oxygen atoms in total. The van der Waals surface area contributed by atoms with Crippen LogP contribution in [0.1, 0.15) is 18.5 Å². The molecule has 0 unspecified atom stereocenters. The van der Waals surface area contributed by atoms with E-state index in [1.165, 1.54) is 0 Å². The third-order valence-corrected chi connectivity index (χ3v) is 5.34. The van der Waals surface area contributed by atoms with E-state index in [4.69, 9.17) is 14.6 Å². The maximum atomic E-state index is 13.0. The summed E-state index contributed by atoms with van der Waals surface area (Å²) in [4.78, 5) is 13.0. The molecule has 0 saturated heterocycles. The molecule has 6 heteroatoms. The first-order valence-corrected chi connectivity index (χ1v) is 10.1. The summed E-state index contributed by atoms with van der Waals surface area (Å²) in [5, 5.41) is 8.83. The highest BCUT2D eigenvalue weighted by atomic mass is 16.5. The van der Waals surface area contributed by atoms with E-state index in [-0.39, 0.29) is 5.91 Å². The third-order valence-electron chi connectivity index (χ3n) is 5.34. The number of nitrogens with zero attached hydrogens (tertiary/aromatic N) is 2. The van der Waals surface area contributed by atoms with Gasteiger partial charge in [0, 0.05) is 23.1 Å². The lowest BCUT2D eigenvalue weighted by atomic mass is 10.1. The molecular weight excluding hydrogens is 390 g/mol. The second-order valence-electron chi connectivity index (χ2n) is 7.22. The molecule has 4 rings (SSSR count). The summed E-state index contributed by atoms with van der Waals surface area (Å²) in [5.74, 6) is 1.12. The molecule has 0 radical (unpaired) electrons. The number of nitrogens with one attached hydrogen (secondary N) is 1. The number of methoxy groups -OCH3 is 2. The normalized spacial score (nSPS) is 11.8. The zero-order valence-electron chi connectivity index (χ0n) is 17.8. The number of fused-ring (bicyclic) bond motifs is 1. The Labute approximate surface area is 181 Å². The average molecular weight is 415 g/mol. The van der Waals surface area contributed by atoms with E-state index in [2.05, 4.69) is 5.32 Å². The van der Waals surface area contributed by atoms with Crippen molar-refractivity contribution >= 4 is 16.8 Å². The molecule has 1 atom stereocenters. The first-order chi connectivity index (χ1) is 15.1. The van der Waals surface area contributed by atoms with E-state index in [9.17, 15) is 4.79 Å². The summed E-state index contributed by atoms with van der Waals surface area (Å²) in [6.45, 7) is 2.18. The van der Waals surface area contributed by atoms with Crippen molar-refractivity contribution < 1.29 is 14.3 Å². The molecular formula is C25H25N3O3.